The largest absolute Gasteiger partial charge is 0.369 e. The number of likely N-dealkylation sites (N-methyl/N-ethyl adjacent to an activating group) is 1. The highest BCUT2D eigenvalue weighted by Gasteiger charge is 2.35. The van der Waals surface area contributed by atoms with Crippen molar-refractivity contribution in [3.05, 3.63) is 34.9 Å². The molecule has 112 valence electrons. The van der Waals surface area contributed by atoms with Crippen LogP contribution in [0.15, 0.2) is 24.3 Å². The van der Waals surface area contributed by atoms with Gasteiger partial charge in [0, 0.05) is 11.6 Å². The highest BCUT2D eigenvalue weighted by Crippen LogP contribution is 2.35. The summed E-state index contributed by atoms with van der Waals surface area (Å²) in [6.07, 6.45) is 4.90. The second-order valence-corrected chi connectivity index (χ2v) is 6.52. The summed E-state index contributed by atoms with van der Waals surface area (Å²) in [7, 11) is 0. The van der Waals surface area contributed by atoms with Crippen LogP contribution in [-0.2, 0) is 11.3 Å². The van der Waals surface area contributed by atoms with Crippen molar-refractivity contribution in [2.24, 2.45) is 5.92 Å². The Morgan fingerprint density at radius 2 is 2.30 bits per heavy atom. The molecule has 3 heteroatoms. The molecule has 2 unspecified atom stereocenters. The zero-order valence-corrected chi connectivity index (χ0v) is 13.4. The summed E-state index contributed by atoms with van der Waals surface area (Å²) in [6, 6.07) is 7.97. The first-order chi connectivity index (χ1) is 9.63. The van der Waals surface area contributed by atoms with E-state index in [2.05, 4.69) is 25.2 Å². The monoisotopic (exact) mass is 295 g/mol. The van der Waals surface area contributed by atoms with Gasteiger partial charge in [-0.2, -0.15) is 0 Å². The van der Waals surface area contributed by atoms with Gasteiger partial charge in [0.25, 0.3) is 0 Å². The molecule has 1 aromatic rings. The van der Waals surface area contributed by atoms with Crippen molar-refractivity contribution >= 4 is 11.6 Å². The van der Waals surface area contributed by atoms with Crippen LogP contribution in [0.5, 0.6) is 0 Å². The van der Waals surface area contributed by atoms with Gasteiger partial charge in [0.15, 0.2) is 0 Å². The molecule has 0 aliphatic heterocycles. The van der Waals surface area contributed by atoms with Gasteiger partial charge in [-0.1, -0.05) is 50.4 Å². The summed E-state index contributed by atoms with van der Waals surface area (Å²) in [5.41, 5.74) is 1.15. The quantitative estimate of drug-likeness (QED) is 0.839. The van der Waals surface area contributed by atoms with Crippen LogP contribution in [0.25, 0.3) is 0 Å². The molecule has 2 nitrogen and oxygen atoms in total. The Balaban J connectivity index is 2.00. The summed E-state index contributed by atoms with van der Waals surface area (Å²) in [4.78, 5) is 0. The lowest BCUT2D eigenvalue weighted by atomic mass is 9.78. The Morgan fingerprint density at radius 3 is 3.00 bits per heavy atom. The van der Waals surface area contributed by atoms with Gasteiger partial charge in [-0.25, -0.2) is 0 Å². The van der Waals surface area contributed by atoms with Crippen LogP contribution in [0.2, 0.25) is 5.02 Å². The van der Waals surface area contributed by atoms with Crippen LogP contribution in [0.4, 0.5) is 0 Å². The minimum absolute atomic E-state index is 0.00397. The van der Waals surface area contributed by atoms with E-state index in [0.717, 1.165) is 42.4 Å². The van der Waals surface area contributed by atoms with E-state index in [9.17, 15) is 0 Å². The Labute approximate surface area is 127 Å². The molecule has 0 amide bonds. The minimum Gasteiger partial charge on any atom is -0.369 e. The van der Waals surface area contributed by atoms with Crippen molar-refractivity contribution in [3.63, 3.8) is 0 Å². The number of hydrogen-bond donors (Lipinski definition) is 1. The van der Waals surface area contributed by atoms with Crippen molar-refractivity contribution in [1.29, 1.82) is 0 Å². The Bertz CT molecular complexity index is 423. The van der Waals surface area contributed by atoms with E-state index < -0.39 is 0 Å². The molecule has 2 atom stereocenters. The van der Waals surface area contributed by atoms with Gasteiger partial charge in [-0.3, -0.25) is 0 Å². The predicted octanol–water partition coefficient (Wildman–Crippen LogP) is 4.42. The molecule has 0 radical (unpaired) electrons. The first-order valence-electron chi connectivity index (χ1n) is 7.73. The molecule has 2 rings (SSSR count). The molecule has 1 N–H and O–H groups in total. The zero-order valence-electron chi connectivity index (χ0n) is 12.6. The van der Waals surface area contributed by atoms with Crippen LogP contribution in [0, 0.1) is 5.92 Å². The van der Waals surface area contributed by atoms with E-state index in [1.54, 1.807) is 0 Å². The fourth-order valence-electron chi connectivity index (χ4n) is 3.17. The van der Waals surface area contributed by atoms with Crippen LogP contribution in [-0.4, -0.2) is 18.7 Å². The summed E-state index contributed by atoms with van der Waals surface area (Å²) in [6.45, 7) is 7.09. The average molecular weight is 296 g/mol. The van der Waals surface area contributed by atoms with E-state index in [0.29, 0.717) is 6.61 Å². The van der Waals surface area contributed by atoms with Crippen molar-refractivity contribution in [1.82, 2.24) is 5.32 Å². The highest BCUT2D eigenvalue weighted by atomic mass is 35.5. The van der Waals surface area contributed by atoms with Gasteiger partial charge in [0.2, 0.25) is 0 Å². The molecule has 1 fully saturated rings. The van der Waals surface area contributed by atoms with Crippen LogP contribution in [0.1, 0.15) is 45.1 Å². The lowest BCUT2D eigenvalue weighted by Crippen LogP contribution is -2.46. The molecular weight excluding hydrogens is 270 g/mol. The maximum absolute atomic E-state index is 6.36. The first kappa shape index (κ1) is 15.8. The van der Waals surface area contributed by atoms with Crippen molar-refractivity contribution in [2.45, 2.75) is 51.7 Å². The lowest BCUT2D eigenvalue weighted by Gasteiger charge is -2.40. The third-order valence-electron chi connectivity index (χ3n) is 4.18. The predicted molar refractivity (Wildman–Crippen MR) is 85.1 cm³/mol. The molecular formula is C17H26ClNO. The van der Waals surface area contributed by atoms with Crippen molar-refractivity contribution in [3.8, 4) is 0 Å². The van der Waals surface area contributed by atoms with E-state index in [4.69, 9.17) is 16.3 Å². The second kappa shape index (κ2) is 7.44. The smallest absolute Gasteiger partial charge is 0.0813 e. The van der Waals surface area contributed by atoms with Crippen molar-refractivity contribution in [2.75, 3.05) is 13.1 Å². The lowest BCUT2D eigenvalue weighted by molar-refractivity contribution is -0.0887. The summed E-state index contributed by atoms with van der Waals surface area (Å²) >= 11 is 6.04. The number of hydrogen-bond acceptors (Lipinski definition) is 2. The Kier molecular flexibility index (Phi) is 5.88. The molecule has 1 saturated carbocycles. The van der Waals surface area contributed by atoms with E-state index in [1.165, 1.54) is 12.8 Å². The Morgan fingerprint density at radius 1 is 1.45 bits per heavy atom. The molecule has 0 spiro atoms. The number of ether oxygens (including phenoxy) is 1. The molecule has 0 saturated heterocycles. The van der Waals surface area contributed by atoms with Crippen molar-refractivity contribution < 1.29 is 4.74 Å². The van der Waals surface area contributed by atoms with Gasteiger partial charge in [0.05, 0.1) is 12.2 Å². The SMILES string of the molecule is CCNCC1(OCc2cccc(Cl)c2)CCCC(C)C1. The van der Waals surface area contributed by atoms with E-state index >= 15 is 0 Å². The summed E-state index contributed by atoms with van der Waals surface area (Å²) in [5, 5.41) is 4.26. The van der Waals surface area contributed by atoms with E-state index in [1.807, 2.05) is 18.2 Å². The number of benzene rings is 1. The standard InChI is InChI=1S/C17H26ClNO/c1-3-19-13-17(9-5-6-14(2)11-17)20-12-15-7-4-8-16(18)10-15/h4,7-8,10,14,19H,3,5-6,9,11-13H2,1-2H3. The van der Waals surface area contributed by atoms with Gasteiger partial charge in [-0.15, -0.1) is 0 Å². The van der Waals surface area contributed by atoms with Gasteiger partial charge >= 0.3 is 0 Å². The molecule has 1 aliphatic rings. The topological polar surface area (TPSA) is 21.3 Å². The van der Waals surface area contributed by atoms with Gasteiger partial charge in [0.1, 0.15) is 0 Å². The van der Waals surface area contributed by atoms with Crippen LogP contribution in [0.3, 0.4) is 0 Å². The molecule has 1 aromatic carbocycles. The maximum Gasteiger partial charge on any atom is 0.0813 e. The molecule has 1 aliphatic carbocycles. The van der Waals surface area contributed by atoms with Gasteiger partial charge in [-0.05, 0) is 43.0 Å². The maximum atomic E-state index is 6.36. The third-order valence-corrected chi connectivity index (χ3v) is 4.42. The molecule has 0 aromatic heterocycles. The molecule has 0 heterocycles. The fraction of sp³-hybridized carbons (Fsp3) is 0.647. The summed E-state index contributed by atoms with van der Waals surface area (Å²) in [5.74, 6) is 0.752. The third kappa shape index (κ3) is 4.47. The molecule has 0 bridgehead atoms. The zero-order chi connectivity index (χ0) is 14.4. The highest BCUT2D eigenvalue weighted by molar-refractivity contribution is 6.30. The minimum atomic E-state index is -0.00397. The number of halogens is 1. The van der Waals surface area contributed by atoms with Crippen LogP contribution < -0.4 is 5.32 Å². The fourth-order valence-corrected chi connectivity index (χ4v) is 3.38. The first-order valence-corrected chi connectivity index (χ1v) is 8.10. The summed E-state index contributed by atoms with van der Waals surface area (Å²) < 4.78 is 6.36. The average Bonchev–Trinajstić information content (AvgIpc) is 2.43. The van der Waals surface area contributed by atoms with E-state index in [-0.39, 0.29) is 5.60 Å². The number of nitrogens with one attached hydrogen (secondary N) is 1. The number of rotatable bonds is 6. The molecule has 20 heavy (non-hydrogen) atoms. The normalized spacial score (nSPS) is 26.6. The Hall–Kier alpha value is -0.570. The second-order valence-electron chi connectivity index (χ2n) is 6.08. The van der Waals surface area contributed by atoms with Gasteiger partial charge < -0.3 is 10.1 Å². The van der Waals surface area contributed by atoms with Crippen LogP contribution >= 0.6 is 11.6 Å².